The Morgan fingerprint density at radius 2 is 1.95 bits per heavy atom. The summed E-state index contributed by atoms with van der Waals surface area (Å²) in [6.45, 7) is 2.76. The highest BCUT2D eigenvalue weighted by Gasteiger charge is 2.05. The Balaban J connectivity index is 1.80. The number of aryl methyl sites for hydroxylation is 1. The smallest absolute Gasteiger partial charge is 0.134 e. The minimum atomic E-state index is 0.677. The Hall–Kier alpha value is -1.74. The third kappa shape index (κ3) is 2.51. The van der Waals surface area contributed by atoms with E-state index in [-0.39, 0.29) is 0 Å². The molecular weight excluding hydrogens is 302 g/mol. The first-order valence-electron chi connectivity index (χ1n) is 6.20. The minimum Gasteiger partial charge on any atom is -0.459 e. The zero-order valence-corrected chi connectivity index (χ0v) is 12.2. The number of furan rings is 1. The lowest BCUT2D eigenvalue weighted by molar-refractivity contribution is 0.559. The van der Waals surface area contributed by atoms with Crippen molar-refractivity contribution in [3.63, 3.8) is 0 Å². The SMILES string of the molecule is Cc1cccc(NCc2cc3ccccc3o2)c1Br. The summed E-state index contributed by atoms with van der Waals surface area (Å²) in [5.41, 5.74) is 3.23. The van der Waals surface area contributed by atoms with E-state index in [9.17, 15) is 0 Å². The second-order valence-corrected chi connectivity index (χ2v) is 5.33. The summed E-state index contributed by atoms with van der Waals surface area (Å²) in [6.07, 6.45) is 0. The zero-order chi connectivity index (χ0) is 13.2. The number of hydrogen-bond acceptors (Lipinski definition) is 2. The van der Waals surface area contributed by atoms with E-state index in [2.05, 4.69) is 52.4 Å². The number of halogens is 1. The maximum atomic E-state index is 5.78. The lowest BCUT2D eigenvalue weighted by Gasteiger charge is -2.08. The monoisotopic (exact) mass is 315 g/mol. The molecule has 1 N–H and O–H groups in total. The second kappa shape index (κ2) is 5.10. The summed E-state index contributed by atoms with van der Waals surface area (Å²) >= 11 is 3.60. The van der Waals surface area contributed by atoms with E-state index in [1.54, 1.807) is 0 Å². The molecule has 0 amide bonds. The maximum absolute atomic E-state index is 5.78. The van der Waals surface area contributed by atoms with Gasteiger partial charge in [-0.3, -0.25) is 0 Å². The number of nitrogens with one attached hydrogen (secondary N) is 1. The van der Waals surface area contributed by atoms with Crippen LogP contribution in [-0.2, 0) is 6.54 Å². The first kappa shape index (κ1) is 12.3. The van der Waals surface area contributed by atoms with Crippen LogP contribution in [0, 0.1) is 6.92 Å². The molecule has 19 heavy (non-hydrogen) atoms. The summed E-state index contributed by atoms with van der Waals surface area (Å²) in [6, 6.07) is 16.3. The fraction of sp³-hybridized carbons (Fsp3) is 0.125. The van der Waals surface area contributed by atoms with Gasteiger partial charge in [0, 0.05) is 15.5 Å². The quantitative estimate of drug-likeness (QED) is 0.726. The van der Waals surface area contributed by atoms with Crippen molar-refractivity contribution < 1.29 is 4.42 Å². The molecule has 3 heteroatoms. The van der Waals surface area contributed by atoms with Crippen LogP contribution in [0.4, 0.5) is 5.69 Å². The van der Waals surface area contributed by atoms with Crippen molar-refractivity contribution in [2.45, 2.75) is 13.5 Å². The first-order valence-corrected chi connectivity index (χ1v) is 7.00. The molecule has 0 bridgehead atoms. The van der Waals surface area contributed by atoms with Crippen molar-refractivity contribution in [2.24, 2.45) is 0 Å². The van der Waals surface area contributed by atoms with Crippen LogP contribution in [0.1, 0.15) is 11.3 Å². The van der Waals surface area contributed by atoms with Crippen molar-refractivity contribution >= 4 is 32.6 Å². The lowest BCUT2D eigenvalue weighted by atomic mass is 10.2. The van der Waals surface area contributed by atoms with Gasteiger partial charge in [-0.1, -0.05) is 30.3 Å². The van der Waals surface area contributed by atoms with Gasteiger partial charge in [-0.15, -0.1) is 0 Å². The molecule has 0 saturated carbocycles. The van der Waals surface area contributed by atoms with Crippen LogP contribution in [0.2, 0.25) is 0 Å². The van der Waals surface area contributed by atoms with Gasteiger partial charge in [0.25, 0.3) is 0 Å². The molecule has 3 aromatic rings. The predicted octanol–water partition coefficient (Wildman–Crippen LogP) is 5.12. The van der Waals surface area contributed by atoms with Gasteiger partial charge in [0.15, 0.2) is 0 Å². The number of anilines is 1. The highest BCUT2D eigenvalue weighted by Crippen LogP contribution is 2.27. The third-order valence-corrected chi connectivity index (χ3v) is 4.17. The van der Waals surface area contributed by atoms with Crippen molar-refractivity contribution in [3.05, 3.63) is 64.3 Å². The summed E-state index contributed by atoms with van der Waals surface area (Å²) in [4.78, 5) is 0. The van der Waals surface area contributed by atoms with E-state index in [1.807, 2.05) is 24.3 Å². The molecule has 0 atom stereocenters. The topological polar surface area (TPSA) is 25.2 Å². The average molecular weight is 316 g/mol. The second-order valence-electron chi connectivity index (χ2n) is 4.54. The fourth-order valence-electron chi connectivity index (χ4n) is 2.09. The highest BCUT2D eigenvalue weighted by atomic mass is 79.9. The Morgan fingerprint density at radius 1 is 1.11 bits per heavy atom. The largest absolute Gasteiger partial charge is 0.459 e. The van der Waals surface area contributed by atoms with Gasteiger partial charge in [0.1, 0.15) is 11.3 Å². The van der Waals surface area contributed by atoms with Gasteiger partial charge in [-0.25, -0.2) is 0 Å². The standard InChI is InChI=1S/C16H14BrNO/c1-11-5-4-7-14(16(11)17)18-10-13-9-12-6-2-3-8-15(12)19-13/h2-9,18H,10H2,1H3. The molecule has 1 heterocycles. The van der Waals surface area contributed by atoms with E-state index >= 15 is 0 Å². The molecule has 0 unspecified atom stereocenters. The summed E-state index contributed by atoms with van der Waals surface area (Å²) in [5.74, 6) is 0.939. The molecule has 1 aromatic heterocycles. The number of para-hydroxylation sites is 1. The molecule has 0 aliphatic rings. The van der Waals surface area contributed by atoms with Crippen molar-refractivity contribution in [2.75, 3.05) is 5.32 Å². The van der Waals surface area contributed by atoms with E-state index in [0.29, 0.717) is 6.54 Å². The Labute approximate surface area is 120 Å². The van der Waals surface area contributed by atoms with E-state index in [1.165, 1.54) is 5.56 Å². The molecule has 0 fully saturated rings. The van der Waals surface area contributed by atoms with Crippen LogP contribution in [0.5, 0.6) is 0 Å². The molecule has 0 aliphatic heterocycles. The van der Waals surface area contributed by atoms with E-state index < -0.39 is 0 Å². The van der Waals surface area contributed by atoms with Crippen LogP contribution < -0.4 is 5.32 Å². The predicted molar refractivity (Wildman–Crippen MR) is 82.4 cm³/mol. The molecule has 2 nitrogen and oxygen atoms in total. The molecule has 0 aliphatic carbocycles. The van der Waals surface area contributed by atoms with Crippen LogP contribution >= 0.6 is 15.9 Å². The lowest BCUT2D eigenvalue weighted by Crippen LogP contribution is -1.99. The molecule has 0 spiro atoms. The normalized spacial score (nSPS) is 10.8. The van der Waals surface area contributed by atoms with Gasteiger partial charge in [0.2, 0.25) is 0 Å². The van der Waals surface area contributed by atoms with Crippen LogP contribution in [0.15, 0.2) is 57.4 Å². The van der Waals surface area contributed by atoms with Gasteiger partial charge < -0.3 is 9.73 Å². The van der Waals surface area contributed by atoms with Gasteiger partial charge in [-0.05, 0) is 46.6 Å². The number of fused-ring (bicyclic) bond motifs is 1. The molecule has 0 radical (unpaired) electrons. The molecule has 3 rings (SSSR count). The van der Waals surface area contributed by atoms with E-state index in [0.717, 1.165) is 26.9 Å². The number of hydrogen-bond donors (Lipinski definition) is 1. The van der Waals surface area contributed by atoms with Crippen LogP contribution in [0.3, 0.4) is 0 Å². The first-order chi connectivity index (χ1) is 9.24. The van der Waals surface area contributed by atoms with Crippen molar-refractivity contribution in [3.8, 4) is 0 Å². The minimum absolute atomic E-state index is 0.677. The Kier molecular flexibility index (Phi) is 3.30. The molecule has 0 saturated heterocycles. The maximum Gasteiger partial charge on any atom is 0.134 e. The van der Waals surface area contributed by atoms with Gasteiger partial charge in [0.05, 0.1) is 6.54 Å². The van der Waals surface area contributed by atoms with Crippen molar-refractivity contribution in [1.29, 1.82) is 0 Å². The Morgan fingerprint density at radius 3 is 2.79 bits per heavy atom. The zero-order valence-electron chi connectivity index (χ0n) is 10.6. The van der Waals surface area contributed by atoms with Crippen molar-refractivity contribution in [1.82, 2.24) is 0 Å². The molecule has 2 aromatic carbocycles. The van der Waals surface area contributed by atoms with E-state index in [4.69, 9.17) is 4.42 Å². The number of benzene rings is 2. The van der Waals surface area contributed by atoms with Crippen LogP contribution in [0.25, 0.3) is 11.0 Å². The van der Waals surface area contributed by atoms with Crippen LogP contribution in [-0.4, -0.2) is 0 Å². The highest BCUT2D eigenvalue weighted by molar-refractivity contribution is 9.10. The fourth-order valence-corrected chi connectivity index (χ4v) is 2.49. The van der Waals surface area contributed by atoms with Gasteiger partial charge in [-0.2, -0.15) is 0 Å². The summed E-state index contributed by atoms with van der Waals surface area (Å²) in [7, 11) is 0. The average Bonchev–Trinajstić information content (AvgIpc) is 2.83. The Bertz CT molecular complexity index is 685. The summed E-state index contributed by atoms with van der Waals surface area (Å²) in [5, 5.41) is 4.53. The summed E-state index contributed by atoms with van der Waals surface area (Å²) < 4.78 is 6.88. The number of rotatable bonds is 3. The molecular formula is C16H14BrNO. The molecule has 96 valence electrons. The third-order valence-electron chi connectivity index (χ3n) is 3.12. The van der Waals surface area contributed by atoms with Gasteiger partial charge >= 0.3 is 0 Å².